The van der Waals surface area contributed by atoms with Crippen molar-refractivity contribution < 1.29 is 9.47 Å². The van der Waals surface area contributed by atoms with Crippen molar-refractivity contribution in [1.29, 1.82) is 0 Å². The van der Waals surface area contributed by atoms with Crippen LogP contribution in [0.25, 0.3) is 0 Å². The molecule has 3 heteroatoms. The monoisotopic (exact) mass is 277 g/mol. The number of rotatable bonds is 5. The maximum atomic E-state index is 5.88. The highest BCUT2D eigenvalue weighted by atomic mass is 16.5. The van der Waals surface area contributed by atoms with Gasteiger partial charge in [0.15, 0.2) is 0 Å². The molecular formula is C17H27NO2. The van der Waals surface area contributed by atoms with Crippen molar-refractivity contribution in [3.63, 3.8) is 0 Å². The summed E-state index contributed by atoms with van der Waals surface area (Å²) in [6.45, 7) is 7.36. The summed E-state index contributed by atoms with van der Waals surface area (Å²) in [4.78, 5) is 0. The van der Waals surface area contributed by atoms with Gasteiger partial charge in [-0.25, -0.2) is 0 Å². The van der Waals surface area contributed by atoms with Crippen LogP contribution in [0.2, 0.25) is 0 Å². The zero-order valence-electron chi connectivity index (χ0n) is 13.3. The zero-order valence-corrected chi connectivity index (χ0v) is 13.3. The second-order valence-electron chi connectivity index (χ2n) is 5.73. The van der Waals surface area contributed by atoms with E-state index < -0.39 is 0 Å². The lowest BCUT2D eigenvalue weighted by Crippen LogP contribution is -2.31. The normalized spacial score (nSPS) is 23.9. The molecule has 1 aromatic carbocycles. The minimum atomic E-state index is 0.290. The van der Waals surface area contributed by atoms with Gasteiger partial charge >= 0.3 is 0 Å². The summed E-state index contributed by atoms with van der Waals surface area (Å²) in [5.41, 5.74) is 3.82. The second-order valence-corrected chi connectivity index (χ2v) is 5.73. The largest absolute Gasteiger partial charge is 0.496 e. The van der Waals surface area contributed by atoms with E-state index in [9.17, 15) is 0 Å². The Morgan fingerprint density at radius 2 is 2.15 bits per heavy atom. The number of methoxy groups -OCH3 is 1. The highest BCUT2D eigenvalue weighted by Crippen LogP contribution is 2.40. The highest BCUT2D eigenvalue weighted by Gasteiger charge is 2.35. The SMILES string of the molecule is CCC1OCCC1C(NC)c1c(C)cc(C)cc1OC. The van der Waals surface area contributed by atoms with Gasteiger partial charge in [-0.15, -0.1) is 0 Å². The van der Waals surface area contributed by atoms with Crippen molar-refractivity contribution in [3.8, 4) is 5.75 Å². The Bertz CT molecular complexity index is 459. The van der Waals surface area contributed by atoms with Crippen molar-refractivity contribution in [2.75, 3.05) is 20.8 Å². The lowest BCUT2D eigenvalue weighted by molar-refractivity contribution is 0.0779. The first kappa shape index (κ1) is 15.3. The molecule has 3 nitrogen and oxygen atoms in total. The summed E-state index contributed by atoms with van der Waals surface area (Å²) in [7, 11) is 3.79. The van der Waals surface area contributed by atoms with Crippen molar-refractivity contribution in [3.05, 3.63) is 28.8 Å². The quantitative estimate of drug-likeness (QED) is 0.895. The van der Waals surface area contributed by atoms with Crippen LogP contribution in [-0.4, -0.2) is 26.9 Å². The van der Waals surface area contributed by atoms with E-state index in [1.807, 2.05) is 7.05 Å². The summed E-state index contributed by atoms with van der Waals surface area (Å²) in [5.74, 6) is 1.50. The molecule has 0 spiro atoms. The van der Waals surface area contributed by atoms with E-state index in [1.54, 1.807) is 7.11 Å². The zero-order chi connectivity index (χ0) is 14.7. The topological polar surface area (TPSA) is 30.5 Å². The molecule has 1 aliphatic heterocycles. The molecule has 0 radical (unpaired) electrons. The van der Waals surface area contributed by atoms with Crippen molar-refractivity contribution in [2.45, 2.75) is 45.8 Å². The summed E-state index contributed by atoms with van der Waals surface area (Å²) >= 11 is 0. The van der Waals surface area contributed by atoms with Gasteiger partial charge in [0.25, 0.3) is 0 Å². The molecule has 0 saturated carbocycles. The molecule has 1 N–H and O–H groups in total. The van der Waals surface area contributed by atoms with Crippen LogP contribution < -0.4 is 10.1 Å². The van der Waals surface area contributed by atoms with Crippen molar-refractivity contribution in [1.82, 2.24) is 5.32 Å². The van der Waals surface area contributed by atoms with Crippen LogP contribution >= 0.6 is 0 Å². The van der Waals surface area contributed by atoms with E-state index in [4.69, 9.17) is 9.47 Å². The lowest BCUT2D eigenvalue weighted by atomic mass is 9.84. The first-order chi connectivity index (χ1) is 9.62. The first-order valence-electron chi connectivity index (χ1n) is 7.56. The number of nitrogens with one attached hydrogen (secondary N) is 1. The molecular weight excluding hydrogens is 250 g/mol. The summed E-state index contributed by atoms with van der Waals surface area (Å²) < 4.78 is 11.5. The molecule has 3 atom stereocenters. The van der Waals surface area contributed by atoms with E-state index in [0.717, 1.165) is 25.2 Å². The average Bonchev–Trinajstić information content (AvgIpc) is 2.89. The molecule has 0 bridgehead atoms. The fourth-order valence-corrected chi connectivity index (χ4v) is 3.55. The smallest absolute Gasteiger partial charge is 0.124 e. The van der Waals surface area contributed by atoms with Gasteiger partial charge in [0.2, 0.25) is 0 Å². The van der Waals surface area contributed by atoms with Gasteiger partial charge in [-0.3, -0.25) is 0 Å². The van der Waals surface area contributed by atoms with Gasteiger partial charge in [0.1, 0.15) is 5.75 Å². The molecule has 2 rings (SSSR count). The van der Waals surface area contributed by atoms with E-state index in [2.05, 4.69) is 38.2 Å². The fraction of sp³-hybridized carbons (Fsp3) is 0.647. The Labute approximate surface area is 122 Å². The number of aryl methyl sites for hydroxylation is 2. The maximum Gasteiger partial charge on any atom is 0.124 e. The average molecular weight is 277 g/mol. The number of benzene rings is 1. The van der Waals surface area contributed by atoms with E-state index in [-0.39, 0.29) is 6.04 Å². The molecule has 1 aromatic rings. The second kappa shape index (κ2) is 6.59. The summed E-state index contributed by atoms with van der Waals surface area (Å²) in [6, 6.07) is 4.65. The molecule has 1 saturated heterocycles. The van der Waals surface area contributed by atoms with Gasteiger partial charge in [-0.05, 0) is 50.9 Å². The maximum absolute atomic E-state index is 5.88. The first-order valence-corrected chi connectivity index (χ1v) is 7.56. The summed E-state index contributed by atoms with van der Waals surface area (Å²) in [6.07, 6.45) is 2.52. The third kappa shape index (κ3) is 2.84. The number of hydrogen-bond donors (Lipinski definition) is 1. The van der Waals surface area contributed by atoms with Gasteiger partial charge in [0.05, 0.1) is 13.2 Å². The molecule has 3 unspecified atom stereocenters. The van der Waals surface area contributed by atoms with E-state index in [1.165, 1.54) is 16.7 Å². The third-order valence-electron chi connectivity index (χ3n) is 4.43. The third-order valence-corrected chi connectivity index (χ3v) is 4.43. The summed E-state index contributed by atoms with van der Waals surface area (Å²) in [5, 5.41) is 3.50. The molecule has 1 fully saturated rings. The van der Waals surface area contributed by atoms with Gasteiger partial charge in [-0.1, -0.05) is 13.0 Å². The van der Waals surface area contributed by atoms with Crippen LogP contribution in [0.5, 0.6) is 5.75 Å². The minimum absolute atomic E-state index is 0.290. The van der Waals surface area contributed by atoms with Crippen LogP contribution in [0.1, 0.15) is 42.5 Å². The van der Waals surface area contributed by atoms with Crippen LogP contribution in [-0.2, 0) is 4.74 Å². The Balaban J connectivity index is 2.41. The highest BCUT2D eigenvalue weighted by molar-refractivity contribution is 5.45. The van der Waals surface area contributed by atoms with Crippen LogP contribution in [0.4, 0.5) is 0 Å². The predicted molar refractivity (Wildman–Crippen MR) is 82.4 cm³/mol. The van der Waals surface area contributed by atoms with E-state index >= 15 is 0 Å². The van der Waals surface area contributed by atoms with Gasteiger partial charge < -0.3 is 14.8 Å². The Morgan fingerprint density at radius 1 is 1.40 bits per heavy atom. The predicted octanol–water partition coefficient (Wildman–Crippen LogP) is 3.39. The molecule has 1 aliphatic rings. The molecule has 1 heterocycles. The Kier molecular flexibility index (Phi) is 5.06. The minimum Gasteiger partial charge on any atom is -0.496 e. The van der Waals surface area contributed by atoms with Gasteiger partial charge in [0, 0.05) is 24.1 Å². The Hall–Kier alpha value is -1.06. The Morgan fingerprint density at radius 3 is 2.75 bits per heavy atom. The molecule has 112 valence electrons. The van der Waals surface area contributed by atoms with Crippen LogP contribution in [0, 0.1) is 19.8 Å². The molecule has 0 amide bonds. The van der Waals surface area contributed by atoms with Crippen LogP contribution in [0.15, 0.2) is 12.1 Å². The molecule has 20 heavy (non-hydrogen) atoms. The van der Waals surface area contributed by atoms with Crippen molar-refractivity contribution >= 4 is 0 Å². The lowest BCUT2D eigenvalue weighted by Gasteiger charge is -2.30. The number of hydrogen-bond acceptors (Lipinski definition) is 3. The number of ether oxygens (including phenoxy) is 2. The van der Waals surface area contributed by atoms with E-state index in [0.29, 0.717) is 12.0 Å². The molecule has 0 aromatic heterocycles. The molecule has 0 aliphatic carbocycles. The fourth-order valence-electron chi connectivity index (χ4n) is 3.55. The van der Waals surface area contributed by atoms with Crippen molar-refractivity contribution in [2.24, 2.45) is 5.92 Å². The van der Waals surface area contributed by atoms with Crippen LogP contribution in [0.3, 0.4) is 0 Å². The van der Waals surface area contributed by atoms with Gasteiger partial charge in [-0.2, -0.15) is 0 Å². The standard InChI is InChI=1S/C17H27NO2/c1-6-14-13(7-8-20-14)17(18-4)16-12(3)9-11(2)10-15(16)19-5/h9-10,13-14,17-18H,6-8H2,1-5H3.